The fraction of sp³-hybridized carbons (Fsp3) is 0.593. The molecular weight excluding hydrogens is 447 g/mol. The third-order valence-corrected chi connectivity index (χ3v) is 8.11. The van der Waals surface area contributed by atoms with Gasteiger partial charge in [0.2, 0.25) is 11.8 Å². The number of halogens is 1. The average Bonchev–Trinajstić information content (AvgIpc) is 3.31. The summed E-state index contributed by atoms with van der Waals surface area (Å²) in [6.45, 7) is 3.51. The summed E-state index contributed by atoms with van der Waals surface area (Å²) in [5, 5.41) is 6.51. The zero-order valence-corrected chi connectivity index (χ0v) is 20.7. The van der Waals surface area contributed by atoms with Crippen molar-refractivity contribution in [3.63, 3.8) is 0 Å². The zero-order valence-electron chi connectivity index (χ0n) is 20.7. The molecular formula is C27H35FN4O3. The number of anilines is 1. The molecule has 1 aliphatic heterocycles. The molecule has 1 atom stereocenters. The van der Waals surface area contributed by atoms with Gasteiger partial charge in [0.05, 0.1) is 17.7 Å². The maximum Gasteiger partial charge on any atom is 0.273 e. The van der Waals surface area contributed by atoms with E-state index < -0.39 is 11.4 Å². The third kappa shape index (κ3) is 4.21. The van der Waals surface area contributed by atoms with Crippen molar-refractivity contribution < 1.29 is 18.8 Å². The second-order valence-electron chi connectivity index (χ2n) is 10.7. The maximum absolute atomic E-state index is 14.3. The Labute approximate surface area is 205 Å². The maximum atomic E-state index is 14.3. The zero-order chi connectivity index (χ0) is 24.7. The average molecular weight is 483 g/mol. The molecule has 3 amide bonds. The van der Waals surface area contributed by atoms with E-state index in [4.69, 9.17) is 0 Å². The first-order chi connectivity index (χ1) is 16.8. The van der Waals surface area contributed by atoms with Crippen LogP contribution in [0.15, 0.2) is 18.2 Å². The smallest absolute Gasteiger partial charge is 0.273 e. The van der Waals surface area contributed by atoms with Crippen LogP contribution in [0.2, 0.25) is 0 Å². The fourth-order valence-corrected chi connectivity index (χ4v) is 6.42. The molecule has 1 aromatic heterocycles. The molecule has 2 N–H and O–H groups in total. The van der Waals surface area contributed by atoms with Crippen LogP contribution in [0.5, 0.6) is 0 Å². The molecule has 5 rings (SSSR count). The number of benzene rings is 1. The minimum absolute atomic E-state index is 0.0574. The van der Waals surface area contributed by atoms with E-state index in [9.17, 15) is 18.8 Å². The molecule has 3 aliphatic rings. The first-order valence-electron chi connectivity index (χ1n) is 13.0. The molecule has 7 nitrogen and oxygen atoms in total. The number of carbonyl (C=O) groups excluding carboxylic acids is 3. The van der Waals surface area contributed by atoms with E-state index in [2.05, 4.69) is 10.6 Å². The molecule has 2 saturated carbocycles. The van der Waals surface area contributed by atoms with Crippen molar-refractivity contribution in [2.24, 2.45) is 0 Å². The summed E-state index contributed by atoms with van der Waals surface area (Å²) in [4.78, 5) is 42.1. The summed E-state index contributed by atoms with van der Waals surface area (Å²) in [7, 11) is 0. The second-order valence-corrected chi connectivity index (χ2v) is 10.7. The van der Waals surface area contributed by atoms with E-state index in [0.717, 1.165) is 64.2 Å². The lowest BCUT2D eigenvalue weighted by Crippen LogP contribution is -2.67. The van der Waals surface area contributed by atoms with E-state index in [-0.39, 0.29) is 36.3 Å². The van der Waals surface area contributed by atoms with Crippen LogP contribution >= 0.6 is 0 Å². The molecule has 2 aliphatic carbocycles. The lowest BCUT2D eigenvalue weighted by Gasteiger charge is -2.48. The third-order valence-electron chi connectivity index (χ3n) is 8.11. The van der Waals surface area contributed by atoms with Gasteiger partial charge in [0.15, 0.2) is 0 Å². The Morgan fingerprint density at radius 2 is 1.69 bits per heavy atom. The number of fused-ring (bicyclic) bond motifs is 3. The highest BCUT2D eigenvalue weighted by Gasteiger charge is 2.51. The van der Waals surface area contributed by atoms with Crippen molar-refractivity contribution in [3.8, 4) is 0 Å². The highest BCUT2D eigenvalue weighted by molar-refractivity contribution is 6.14. The van der Waals surface area contributed by atoms with Gasteiger partial charge in [-0.1, -0.05) is 38.5 Å². The number of aromatic nitrogens is 1. The standard InChI is InChI=1S/C27H35FN4O3/c1-17(33)29-23-21-15-18(28)13-14-22(21)31-16-27(2,26(35)30-19-9-7-8-10-19)32(25(34)24(23)31)20-11-5-3-4-6-12-20/h13-15,19-20H,3-12,16H2,1-2H3,(H,29,33)(H,30,35)/t27-/m0/s1. The number of amides is 3. The van der Waals surface area contributed by atoms with Crippen molar-refractivity contribution in [3.05, 3.63) is 29.7 Å². The highest BCUT2D eigenvalue weighted by Crippen LogP contribution is 2.41. The molecule has 8 heteroatoms. The van der Waals surface area contributed by atoms with Crippen LogP contribution in [-0.4, -0.2) is 44.8 Å². The van der Waals surface area contributed by atoms with Gasteiger partial charge < -0.3 is 20.1 Å². The van der Waals surface area contributed by atoms with E-state index in [1.807, 2.05) is 11.5 Å². The monoisotopic (exact) mass is 482 g/mol. The summed E-state index contributed by atoms with van der Waals surface area (Å²) in [6.07, 6.45) is 10.1. The summed E-state index contributed by atoms with van der Waals surface area (Å²) in [6, 6.07) is 4.41. The second kappa shape index (κ2) is 9.28. The predicted octanol–water partition coefficient (Wildman–Crippen LogP) is 4.73. The first-order valence-corrected chi connectivity index (χ1v) is 13.0. The molecule has 0 unspecified atom stereocenters. The lowest BCUT2D eigenvalue weighted by molar-refractivity contribution is -0.135. The quantitative estimate of drug-likeness (QED) is 0.618. The summed E-state index contributed by atoms with van der Waals surface area (Å²) >= 11 is 0. The Bertz CT molecular complexity index is 1160. The van der Waals surface area contributed by atoms with E-state index >= 15 is 0 Å². The number of hydrogen-bond donors (Lipinski definition) is 2. The van der Waals surface area contributed by atoms with E-state index in [1.165, 1.54) is 19.1 Å². The Hall–Kier alpha value is -2.90. The number of nitrogens with zero attached hydrogens (tertiary/aromatic N) is 2. The number of carbonyl (C=O) groups is 3. The molecule has 0 saturated heterocycles. The van der Waals surface area contributed by atoms with Crippen LogP contribution in [0, 0.1) is 5.82 Å². The molecule has 35 heavy (non-hydrogen) atoms. The van der Waals surface area contributed by atoms with Gasteiger partial charge in [-0.05, 0) is 50.8 Å². The molecule has 0 radical (unpaired) electrons. The van der Waals surface area contributed by atoms with Crippen LogP contribution in [-0.2, 0) is 16.1 Å². The van der Waals surface area contributed by atoms with Crippen molar-refractivity contribution >= 4 is 34.3 Å². The molecule has 2 aromatic rings. The topological polar surface area (TPSA) is 83.4 Å². The van der Waals surface area contributed by atoms with E-state index in [0.29, 0.717) is 22.3 Å². The van der Waals surface area contributed by atoms with Gasteiger partial charge in [0, 0.05) is 24.4 Å². The van der Waals surface area contributed by atoms with Crippen molar-refractivity contribution in [1.82, 2.24) is 14.8 Å². The number of rotatable bonds is 4. The van der Waals surface area contributed by atoms with Gasteiger partial charge in [-0.3, -0.25) is 14.4 Å². The molecule has 2 heterocycles. The predicted molar refractivity (Wildman–Crippen MR) is 133 cm³/mol. The van der Waals surface area contributed by atoms with Crippen LogP contribution in [0.1, 0.15) is 88.5 Å². The van der Waals surface area contributed by atoms with Gasteiger partial charge in [0.1, 0.15) is 17.1 Å². The molecule has 0 bridgehead atoms. The summed E-state index contributed by atoms with van der Waals surface area (Å²) < 4.78 is 16.1. The SMILES string of the molecule is CC(=O)Nc1c2n(c3ccc(F)cc13)C[C@@](C)(C(=O)NC1CCCC1)N(C1CCCCCC1)C2=O. The van der Waals surface area contributed by atoms with Crippen LogP contribution in [0.3, 0.4) is 0 Å². The molecule has 2 fully saturated rings. The normalized spacial score (nSPS) is 23.9. The van der Waals surface area contributed by atoms with Gasteiger partial charge >= 0.3 is 0 Å². The Kier molecular flexibility index (Phi) is 6.32. The van der Waals surface area contributed by atoms with Gasteiger partial charge in [0.25, 0.3) is 5.91 Å². The Morgan fingerprint density at radius 1 is 1.03 bits per heavy atom. The Morgan fingerprint density at radius 3 is 2.34 bits per heavy atom. The molecule has 0 spiro atoms. The number of nitrogens with one attached hydrogen (secondary N) is 2. The molecule has 188 valence electrons. The highest BCUT2D eigenvalue weighted by atomic mass is 19.1. The van der Waals surface area contributed by atoms with Gasteiger partial charge in [-0.2, -0.15) is 0 Å². The lowest BCUT2D eigenvalue weighted by atomic mass is 9.90. The minimum Gasteiger partial charge on any atom is -0.351 e. The van der Waals surface area contributed by atoms with Crippen LogP contribution < -0.4 is 10.6 Å². The van der Waals surface area contributed by atoms with Crippen molar-refractivity contribution in [2.75, 3.05) is 5.32 Å². The molecule has 1 aromatic carbocycles. The van der Waals surface area contributed by atoms with Gasteiger partial charge in [-0.25, -0.2) is 4.39 Å². The van der Waals surface area contributed by atoms with Crippen LogP contribution in [0.25, 0.3) is 10.9 Å². The van der Waals surface area contributed by atoms with E-state index in [1.54, 1.807) is 11.0 Å². The number of hydrogen-bond acceptors (Lipinski definition) is 3. The summed E-state index contributed by atoms with van der Waals surface area (Å²) in [5.74, 6) is -1.17. The Balaban J connectivity index is 1.66. The minimum atomic E-state index is -1.09. The summed E-state index contributed by atoms with van der Waals surface area (Å²) in [5.41, 5.74) is 0.208. The first kappa shape index (κ1) is 23.8. The van der Waals surface area contributed by atoms with Crippen molar-refractivity contribution in [2.45, 2.75) is 102 Å². The largest absolute Gasteiger partial charge is 0.351 e. The van der Waals surface area contributed by atoms with Crippen LogP contribution in [0.4, 0.5) is 10.1 Å². The van der Waals surface area contributed by atoms with Gasteiger partial charge in [-0.15, -0.1) is 0 Å². The van der Waals surface area contributed by atoms with Crippen molar-refractivity contribution in [1.29, 1.82) is 0 Å². The fourth-order valence-electron chi connectivity index (χ4n) is 6.42.